The fraction of sp³-hybridized carbons (Fsp3) is 0.632. The number of piperazine rings is 1. The second-order valence-electron chi connectivity index (χ2n) is 6.88. The maximum Gasteiger partial charge on any atom is 0.223 e. The van der Waals surface area contributed by atoms with Crippen LogP contribution in [0.25, 0.3) is 0 Å². The predicted octanol–water partition coefficient (Wildman–Crippen LogP) is 2.79. The summed E-state index contributed by atoms with van der Waals surface area (Å²) in [6, 6.07) is 7.21. The summed E-state index contributed by atoms with van der Waals surface area (Å²) in [5, 5.41) is 3.54. The van der Waals surface area contributed by atoms with Crippen LogP contribution in [0.4, 0.5) is 10.1 Å². The molecule has 1 heterocycles. The molecule has 0 aromatic heterocycles. The van der Waals surface area contributed by atoms with Gasteiger partial charge in [0.1, 0.15) is 5.82 Å². The summed E-state index contributed by atoms with van der Waals surface area (Å²) in [5.74, 6) is 0.0371. The maximum absolute atomic E-state index is 13.0. The van der Waals surface area contributed by atoms with Crippen molar-refractivity contribution in [2.45, 2.75) is 44.6 Å². The number of hydrogen-bond donors (Lipinski definition) is 1. The minimum Gasteiger partial charge on any atom is -0.368 e. The van der Waals surface area contributed by atoms with Crippen molar-refractivity contribution in [1.82, 2.24) is 10.2 Å². The molecule has 1 saturated heterocycles. The monoisotopic (exact) mass is 333 g/mol. The lowest BCUT2D eigenvalue weighted by Gasteiger charge is -2.36. The van der Waals surface area contributed by atoms with Gasteiger partial charge in [0.25, 0.3) is 0 Å². The number of benzene rings is 1. The molecule has 1 N–H and O–H groups in total. The highest BCUT2D eigenvalue weighted by molar-refractivity contribution is 5.76. The Labute approximate surface area is 144 Å². The van der Waals surface area contributed by atoms with Crippen molar-refractivity contribution in [3.63, 3.8) is 0 Å². The van der Waals surface area contributed by atoms with Gasteiger partial charge in [-0.25, -0.2) is 4.39 Å². The Hall–Kier alpha value is -1.62. The zero-order chi connectivity index (χ0) is 16.8. The molecule has 24 heavy (non-hydrogen) atoms. The Kier molecular flexibility index (Phi) is 6.07. The molecule has 1 amide bonds. The van der Waals surface area contributed by atoms with Gasteiger partial charge in [-0.15, -0.1) is 0 Å². The van der Waals surface area contributed by atoms with Crippen molar-refractivity contribution in [2.75, 3.05) is 37.6 Å². The summed E-state index contributed by atoms with van der Waals surface area (Å²) >= 11 is 0. The standard InChI is InChI=1S/C19H28FN3O/c20-16-6-8-18(9-7-16)22-12-14-23(15-13-22)19(24)10-11-21-17-4-2-1-3-5-17/h6-9,17,21H,1-5,10-15H2. The van der Waals surface area contributed by atoms with Crippen molar-refractivity contribution in [1.29, 1.82) is 0 Å². The van der Waals surface area contributed by atoms with Gasteiger partial charge < -0.3 is 15.1 Å². The number of anilines is 1. The van der Waals surface area contributed by atoms with Gasteiger partial charge in [-0.2, -0.15) is 0 Å². The third-order valence-corrected chi connectivity index (χ3v) is 5.20. The van der Waals surface area contributed by atoms with Crippen molar-refractivity contribution < 1.29 is 9.18 Å². The van der Waals surface area contributed by atoms with Gasteiger partial charge in [0.2, 0.25) is 5.91 Å². The molecule has 132 valence electrons. The molecule has 0 spiro atoms. The molecule has 0 radical (unpaired) electrons. The molecule has 2 aliphatic rings. The molecule has 1 aliphatic carbocycles. The minimum absolute atomic E-state index is 0.210. The number of hydrogen-bond acceptors (Lipinski definition) is 3. The van der Waals surface area contributed by atoms with E-state index in [4.69, 9.17) is 0 Å². The second kappa shape index (κ2) is 8.47. The number of nitrogens with one attached hydrogen (secondary N) is 1. The van der Waals surface area contributed by atoms with Crippen LogP contribution in [0.5, 0.6) is 0 Å². The summed E-state index contributed by atoms with van der Waals surface area (Å²) in [5.41, 5.74) is 1.03. The molecule has 5 heteroatoms. The number of amides is 1. The lowest BCUT2D eigenvalue weighted by molar-refractivity contribution is -0.131. The van der Waals surface area contributed by atoms with Gasteiger partial charge in [-0.3, -0.25) is 4.79 Å². The molecule has 1 aromatic rings. The maximum atomic E-state index is 13.0. The van der Waals surface area contributed by atoms with Crippen molar-refractivity contribution in [2.24, 2.45) is 0 Å². The number of carbonyl (C=O) groups excluding carboxylic acids is 1. The number of nitrogens with zero attached hydrogens (tertiary/aromatic N) is 2. The minimum atomic E-state index is -0.210. The van der Waals surface area contributed by atoms with E-state index in [1.165, 1.54) is 44.2 Å². The van der Waals surface area contributed by atoms with E-state index in [1.807, 2.05) is 4.90 Å². The van der Waals surface area contributed by atoms with E-state index in [9.17, 15) is 9.18 Å². The predicted molar refractivity (Wildman–Crippen MR) is 94.7 cm³/mol. The van der Waals surface area contributed by atoms with Crippen LogP contribution in [0.1, 0.15) is 38.5 Å². The van der Waals surface area contributed by atoms with Crippen LogP contribution in [-0.4, -0.2) is 49.6 Å². The highest BCUT2D eigenvalue weighted by atomic mass is 19.1. The second-order valence-corrected chi connectivity index (χ2v) is 6.88. The molecule has 0 unspecified atom stereocenters. The van der Waals surface area contributed by atoms with Crippen LogP contribution in [0.3, 0.4) is 0 Å². The van der Waals surface area contributed by atoms with Crippen molar-refractivity contribution in [3.8, 4) is 0 Å². The van der Waals surface area contributed by atoms with E-state index in [1.54, 1.807) is 12.1 Å². The van der Waals surface area contributed by atoms with E-state index in [-0.39, 0.29) is 11.7 Å². The van der Waals surface area contributed by atoms with E-state index < -0.39 is 0 Å². The smallest absolute Gasteiger partial charge is 0.223 e. The molecule has 0 atom stereocenters. The van der Waals surface area contributed by atoms with Crippen molar-refractivity contribution >= 4 is 11.6 Å². The fourth-order valence-corrected chi connectivity index (χ4v) is 3.71. The molecule has 4 nitrogen and oxygen atoms in total. The Morgan fingerprint density at radius 3 is 2.38 bits per heavy atom. The number of rotatable bonds is 5. The van der Waals surface area contributed by atoms with Gasteiger partial charge in [0.15, 0.2) is 0 Å². The van der Waals surface area contributed by atoms with Crippen LogP contribution in [0.2, 0.25) is 0 Å². The van der Waals surface area contributed by atoms with Crippen LogP contribution in [-0.2, 0) is 4.79 Å². The summed E-state index contributed by atoms with van der Waals surface area (Å²) in [4.78, 5) is 16.5. The molecule has 1 aromatic carbocycles. The average Bonchev–Trinajstić information content (AvgIpc) is 2.63. The first-order valence-corrected chi connectivity index (χ1v) is 9.24. The SMILES string of the molecule is O=C(CCNC1CCCCC1)N1CCN(c2ccc(F)cc2)CC1. The lowest BCUT2D eigenvalue weighted by Crippen LogP contribution is -2.49. The summed E-state index contributed by atoms with van der Waals surface area (Å²) in [6.07, 6.45) is 7.09. The Balaban J connectivity index is 1.37. The largest absolute Gasteiger partial charge is 0.368 e. The van der Waals surface area contributed by atoms with E-state index in [2.05, 4.69) is 10.2 Å². The third-order valence-electron chi connectivity index (χ3n) is 5.20. The molecule has 3 rings (SSSR count). The third kappa shape index (κ3) is 4.69. The molecule has 0 bridgehead atoms. The van der Waals surface area contributed by atoms with Gasteiger partial charge in [-0.1, -0.05) is 19.3 Å². The Morgan fingerprint density at radius 2 is 1.71 bits per heavy atom. The molecular weight excluding hydrogens is 305 g/mol. The Morgan fingerprint density at radius 1 is 1.04 bits per heavy atom. The summed E-state index contributed by atoms with van der Waals surface area (Å²) in [7, 11) is 0. The van der Waals surface area contributed by atoms with Crippen LogP contribution in [0.15, 0.2) is 24.3 Å². The van der Waals surface area contributed by atoms with Crippen LogP contribution < -0.4 is 10.2 Å². The quantitative estimate of drug-likeness (QED) is 0.900. The summed E-state index contributed by atoms with van der Waals surface area (Å²) in [6.45, 7) is 3.92. The average molecular weight is 333 g/mol. The highest BCUT2D eigenvalue weighted by Gasteiger charge is 2.21. The number of halogens is 1. The summed E-state index contributed by atoms with van der Waals surface area (Å²) < 4.78 is 13.0. The Bertz CT molecular complexity index is 520. The molecular formula is C19H28FN3O. The van der Waals surface area contributed by atoms with Gasteiger partial charge in [0.05, 0.1) is 0 Å². The molecule has 2 fully saturated rings. The van der Waals surface area contributed by atoms with Gasteiger partial charge >= 0.3 is 0 Å². The zero-order valence-electron chi connectivity index (χ0n) is 14.3. The van der Waals surface area contributed by atoms with Crippen LogP contribution in [0, 0.1) is 5.82 Å². The topological polar surface area (TPSA) is 35.6 Å². The first kappa shape index (κ1) is 17.2. The zero-order valence-corrected chi connectivity index (χ0v) is 14.3. The van der Waals surface area contributed by atoms with Crippen LogP contribution >= 0.6 is 0 Å². The van der Waals surface area contributed by atoms with Gasteiger partial charge in [-0.05, 0) is 37.1 Å². The van der Waals surface area contributed by atoms with E-state index >= 15 is 0 Å². The normalized spacial score (nSPS) is 19.5. The number of carbonyl (C=O) groups is 1. The molecule has 1 saturated carbocycles. The van der Waals surface area contributed by atoms with E-state index in [0.29, 0.717) is 12.5 Å². The highest BCUT2D eigenvalue weighted by Crippen LogP contribution is 2.18. The van der Waals surface area contributed by atoms with Crippen molar-refractivity contribution in [3.05, 3.63) is 30.1 Å². The first-order chi connectivity index (χ1) is 11.7. The van der Waals surface area contributed by atoms with Gasteiger partial charge in [0, 0.05) is 50.9 Å². The lowest BCUT2D eigenvalue weighted by atomic mass is 9.95. The van der Waals surface area contributed by atoms with E-state index in [0.717, 1.165) is 38.4 Å². The fourth-order valence-electron chi connectivity index (χ4n) is 3.71. The first-order valence-electron chi connectivity index (χ1n) is 9.24. The molecule has 1 aliphatic heterocycles.